The van der Waals surface area contributed by atoms with Gasteiger partial charge in [-0.15, -0.1) is 0 Å². The molecule has 0 aliphatic carbocycles. The molecule has 0 spiro atoms. The Kier molecular flexibility index (Phi) is 6.18. The van der Waals surface area contributed by atoms with Gasteiger partial charge in [0.2, 0.25) is 0 Å². The standard InChI is InChI=1S/C23H24F2N4O/c24-17-8-10-18(11-9-17)29-22(16-21(27-29)19-6-2-3-7-20(19)25)23(30)26-12-15-28-13-4-1-5-14-28/h2-3,6-11,16H,1,4-5,12-15H2,(H,26,30). The summed E-state index contributed by atoms with van der Waals surface area (Å²) < 4.78 is 29.1. The largest absolute Gasteiger partial charge is 0.349 e. The van der Waals surface area contributed by atoms with E-state index in [4.69, 9.17) is 0 Å². The average molecular weight is 410 g/mol. The van der Waals surface area contributed by atoms with Crippen LogP contribution in [0.1, 0.15) is 29.8 Å². The van der Waals surface area contributed by atoms with Gasteiger partial charge in [-0.05, 0) is 68.4 Å². The zero-order chi connectivity index (χ0) is 20.9. The van der Waals surface area contributed by atoms with Crippen LogP contribution in [0.3, 0.4) is 0 Å². The molecule has 1 saturated heterocycles. The minimum atomic E-state index is -0.418. The number of halogens is 2. The fourth-order valence-electron chi connectivity index (χ4n) is 3.72. The molecule has 1 aliphatic rings. The summed E-state index contributed by atoms with van der Waals surface area (Å²) in [6.45, 7) is 3.42. The third-order valence-electron chi connectivity index (χ3n) is 5.33. The quantitative estimate of drug-likeness (QED) is 0.668. The molecule has 0 atom stereocenters. The molecule has 156 valence electrons. The number of rotatable bonds is 6. The molecule has 1 fully saturated rings. The molecule has 30 heavy (non-hydrogen) atoms. The van der Waals surface area contributed by atoms with Gasteiger partial charge in [0.15, 0.2) is 0 Å². The molecule has 0 bridgehead atoms. The summed E-state index contributed by atoms with van der Waals surface area (Å²) in [5, 5.41) is 7.38. The van der Waals surface area contributed by atoms with Crippen molar-refractivity contribution in [2.24, 2.45) is 0 Å². The fourth-order valence-corrected chi connectivity index (χ4v) is 3.72. The topological polar surface area (TPSA) is 50.2 Å². The maximum Gasteiger partial charge on any atom is 0.270 e. The lowest BCUT2D eigenvalue weighted by atomic mass is 10.1. The predicted octanol–water partition coefficient (Wildman–Crippen LogP) is 4.03. The number of likely N-dealkylation sites (tertiary alicyclic amines) is 1. The van der Waals surface area contributed by atoms with Crippen molar-refractivity contribution in [1.82, 2.24) is 20.0 Å². The number of benzene rings is 2. The van der Waals surface area contributed by atoms with Gasteiger partial charge < -0.3 is 10.2 Å². The zero-order valence-corrected chi connectivity index (χ0v) is 16.7. The summed E-state index contributed by atoms with van der Waals surface area (Å²) in [4.78, 5) is 15.3. The Morgan fingerprint density at radius 1 is 1.00 bits per heavy atom. The van der Waals surface area contributed by atoms with Crippen LogP contribution in [0.4, 0.5) is 8.78 Å². The fraction of sp³-hybridized carbons (Fsp3) is 0.304. The number of amides is 1. The molecule has 0 radical (unpaired) electrons. The molecule has 4 rings (SSSR count). The first-order chi connectivity index (χ1) is 14.6. The van der Waals surface area contributed by atoms with Gasteiger partial charge in [-0.3, -0.25) is 4.79 Å². The van der Waals surface area contributed by atoms with Gasteiger partial charge in [0.05, 0.1) is 11.4 Å². The molecule has 2 aromatic carbocycles. The second-order valence-electron chi connectivity index (χ2n) is 7.44. The maximum absolute atomic E-state index is 14.3. The van der Waals surface area contributed by atoms with Gasteiger partial charge in [-0.1, -0.05) is 18.6 Å². The zero-order valence-electron chi connectivity index (χ0n) is 16.7. The first-order valence-corrected chi connectivity index (χ1v) is 10.2. The highest BCUT2D eigenvalue weighted by molar-refractivity contribution is 5.94. The molecule has 1 N–H and O–H groups in total. The van der Waals surface area contributed by atoms with Crippen LogP contribution >= 0.6 is 0 Å². The van der Waals surface area contributed by atoms with Gasteiger partial charge in [-0.2, -0.15) is 5.10 Å². The smallest absolute Gasteiger partial charge is 0.270 e. The Balaban J connectivity index is 1.58. The number of nitrogens with zero attached hydrogens (tertiary/aromatic N) is 3. The Morgan fingerprint density at radius 2 is 1.73 bits per heavy atom. The van der Waals surface area contributed by atoms with E-state index in [-0.39, 0.29) is 17.4 Å². The van der Waals surface area contributed by atoms with Crippen LogP contribution in [-0.4, -0.2) is 46.8 Å². The van der Waals surface area contributed by atoms with Crippen molar-refractivity contribution in [3.05, 3.63) is 71.9 Å². The third-order valence-corrected chi connectivity index (χ3v) is 5.33. The van der Waals surface area contributed by atoms with Gasteiger partial charge >= 0.3 is 0 Å². The minimum Gasteiger partial charge on any atom is -0.349 e. The monoisotopic (exact) mass is 410 g/mol. The van der Waals surface area contributed by atoms with Gasteiger partial charge in [0.25, 0.3) is 5.91 Å². The molecular weight excluding hydrogens is 386 g/mol. The lowest BCUT2D eigenvalue weighted by Gasteiger charge is -2.26. The highest BCUT2D eigenvalue weighted by Gasteiger charge is 2.19. The molecule has 5 nitrogen and oxygen atoms in total. The Labute approximate surface area is 174 Å². The van der Waals surface area contributed by atoms with Crippen molar-refractivity contribution in [1.29, 1.82) is 0 Å². The minimum absolute atomic E-state index is 0.276. The van der Waals surface area contributed by atoms with Crippen molar-refractivity contribution in [2.75, 3.05) is 26.2 Å². The Hall–Kier alpha value is -3.06. The summed E-state index contributed by atoms with van der Waals surface area (Å²) in [5.74, 6) is -1.10. The van der Waals surface area contributed by atoms with Crippen LogP contribution in [0.5, 0.6) is 0 Å². The highest BCUT2D eigenvalue weighted by atomic mass is 19.1. The summed E-state index contributed by atoms with van der Waals surface area (Å²) in [7, 11) is 0. The van der Waals surface area contributed by atoms with Gasteiger partial charge in [0.1, 0.15) is 17.3 Å². The Morgan fingerprint density at radius 3 is 2.47 bits per heavy atom. The molecule has 2 heterocycles. The molecule has 1 aromatic heterocycles. The number of carbonyl (C=O) groups excluding carboxylic acids is 1. The SMILES string of the molecule is O=C(NCCN1CCCCC1)c1cc(-c2ccccc2F)nn1-c1ccc(F)cc1. The number of carbonyl (C=O) groups is 1. The third kappa shape index (κ3) is 4.57. The van der Waals surface area contributed by atoms with Crippen molar-refractivity contribution in [2.45, 2.75) is 19.3 Å². The van der Waals surface area contributed by atoms with E-state index in [9.17, 15) is 13.6 Å². The van der Waals surface area contributed by atoms with Gasteiger partial charge in [0, 0.05) is 18.7 Å². The summed E-state index contributed by atoms with van der Waals surface area (Å²) in [6, 6.07) is 13.5. The van der Waals surface area contributed by atoms with E-state index in [2.05, 4.69) is 15.3 Å². The predicted molar refractivity (Wildman–Crippen MR) is 112 cm³/mol. The van der Waals surface area contributed by atoms with E-state index in [1.165, 1.54) is 54.3 Å². The first kappa shape index (κ1) is 20.2. The first-order valence-electron chi connectivity index (χ1n) is 10.2. The second kappa shape index (κ2) is 9.17. The molecule has 0 saturated carbocycles. The molecule has 1 amide bonds. The van der Waals surface area contributed by atoms with Crippen molar-refractivity contribution in [3.63, 3.8) is 0 Å². The van der Waals surface area contributed by atoms with Crippen molar-refractivity contribution in [3.8, 4) is 16.9 Å². The van der Waals surface area contributed by atoms with E-state index in [1.54, 1.807) is 24.3 Å². The van der Waals surface area contributed by atoms with Crippen LogP contribution in [-0.2, 0) is 0 Å². The van der Waals surface area contributed by atoms with E-state index >= 15 is 0 Å². The van der Waals surface area contributed by atoms with E-state index in [0.717, 1.165) is 19.6 Å². The molecular formula is C23H24F2N4O. The Bertz CT molecular complexity index is 1010. The molecule has 0 unspecified atom stereocenters. The lowest BCUT2D eigenvalue weighted by molar-refractivity contribution is 0.0939. The second-order valence-corrected chi connectivity index (χ2v) is 7.44. The van der Waals surface area contributed by atoms with E-state index in [1.807, 2.05) is 0 Å². The number of hydrogen-bond acceptors (Lipinski definition) is 3. The number of hydrogen-bond donors (Lipinski definition) is 1. The van der Waals surface area contributed by atoms with Gasteiger partial charge in [-0.25, -0.2) is 13.5 Å². The normalized spacial score (nSPS) is 14.6. The molecule has 7 heteroatoms. The summed E-state index contributed by atoms with van der Waals surface area (Å²) in [6.07, 6.45) is 3.65. The van der Waals surface area contributed by atoms with Crippen LogP contribution < -0.4 is 5.32 Å². The molecule has 1 aliphatic heterocycles. The maximum atomic E-state index is 14.3. The van der Waals surface area contributed by atoms with Crippen LogP contribution in [0, 0.1) is 11.6 Å². The summed E-state index contributed by atoms with van der Waals surface area (Å²) in [5.41, 5.74) is 1.46. The summed E-state index contributed by atoms with van der Waals surface area (Å²) >= 11 is 0. The van der Waals surface area contributed by atoms with E-state index < -0.39 is 5.82 Å². The number of aromatic nitrogens is 2. The van der Waals surface area contributed by atoms with Crippen molar-refractivity contribution >= 4 is 5.91 Å². The van der Waals surface area contributed by atoms with Crippen LogP contribution in [0.2, 0.25) is 0 Å². The average Bonchev–Trinajstić information content (AvgIpc) is 3.20. The highest BCUT2D eigenvalue weighted by Crippen LogP contribution is 2.24. The number of piperidine rings is 1. The van der Waals surface area contributed by atoms with Crippen LogP contribution in [0.25, 0.3) is 16.9 Å². The van der Waals surface area contributed by atoms with E-state index in [0.29, 0.717) is 23.5 Å². The lowest BCUT2D eigenvalue weighted by Crippen LogP contribution is -2.38. The number of nitrogens with one attached hydrogen (secondary N) is 1. The van der Waals surface area contributed by atoms with Crippen molar-refractivity contribution < 1.29 is 13.6 Å². The molecule has 3 aromatic rings. The van der Waals surface area contributed by atoms with Crippen LogP contribution in [0.15, 0.2) is 54.6 Å².